The van der Waals surface area contributed by atoms with E-state index in [2.05, 4.69) is 5.32 Å². The maximum absolute atomic E-state index is 13.5. The zero-order valence-electron chi connectivity index (χ0n) is 13.1. The highest BCUT2D eigenvalue weighted by atomic mass is 19.4. The van der Waals surface area contributed by atoms with Crippen LogP contribution in [0.15, 0.2) is 54.2 Å². The second-order valence-corrected chi connectivity index (χ2v) is 5.08. The Balaban J connectivity index is 2.51. The van der Waals surface area contributed by atoms with Gasteiger partial charge in [0, 0.05) is 5.69 Å². The number of hydrogen-bond acceptors (Lipinski definition) is 3. The third kappa shape index (κ3) is 4.07. The molecule has 6 heteroatoms. The first-order chi connectivity index (χ1) is 11.3. The van der Waals surface area contributed by atoms with E-state index in [9.17, 15) is 18.4 Å². The van der Waals surface area contributed by atoms with E-state index in [1.54, 1.807) is 18.2 Å². The van der Waals surface area contributed by atoms with Crippen molar-refractivity contribution >= 4 is 11.3 Å². The molecule has 124 valence electrons. The predicted octanol–water partition coefficient (Wildman–Crippen LogP) is 4.91. The third-order valence-corrected chi connectivity index (χ3v) is 3.34. The van der Waals surface area contributed by atoms with Crippen LogP contribution in [0.1, 0.15) is 11.1 Å². The lowest BCUT2D eigenvalue weighted by atomic mass is 10.0. The van der Waals surface area contributed by atoms with Crippen LogP contribution in [0, 0.1) is 18.3 Å². The first-order valence-electron chi connectivity index (χ1n) is 7.05. The smallest absolute Gasteiger partial charge is 0.432 e. The molecule has 0 saturated carbocycles. The maximum atomic E-state index is 13.5. The van der Waals surface area contributed by atoms with Crippen LogP contribution in [-0.4, -0.2) is 13.3 Å². The van der Waals surface area contributed by atoms with Crippen LogP contribution in [-0.2, 0) is 0 Å². The number of benzene rings is 2. The Labute approximate surface area is 138 Å². The number of halogens is 3. The summed E-state index contributed by atoms with van der Waals surface area (Å²) in [6, 6.07) is 13.9. The molecule has 0 atom stereocenters. The van der Waals surface area contributed by atoms with Crippen LogP contribution < -0.4 is 10.1 Å². The molecule has 1 N–H and O–H groups in total. The van der Waals surface area contributed by atoms with Gasteiger partial charge < -0.3 is 10.1 Å². The standard InChI is InChI=1S/C18H15F3N2O/c1-12-3-7-14(8-4-12)23-17(18(19,20)21)16(11-22)13-5-9-15(24-2)10-6-13/h3-10,23H,1-2H3/b17-16+. The van der Waals surface area contributed by atoms with Crippen LogP contribution in [0.3, 0.4) is 0 Å². The van der Waals surface area contributed by atoms with Gasteiger partial charge in [-0.1, -0.05) is 17.7 Å². The van der Waals surface area contributed by atoms with Gasteiger partial charge in [0.25, 0.3) is 0 Å². The number of hydrogen-bond donors (Lipinski definition) is 1. The molecule has 3 nitrogen and oxygen atoms in total. The van der Waals surface area contributed by atoms with Crippen molar-refractivity contribution in [2.45, 2.75) is 13.1 Å². The van der Waals surface area contributed by atoms with E-state index in [0.717, 1.165) is 5.56 Å². The lowest BCUT2D eigenvalue weighted by molar-refractivity contribution is -0.0895. The molecule has 0 radical (unpaired) electrons. The van der Waals surface area contributed by atoms with E-state index in [0.29, 0.717) is 5.75 Å². The Bertz CT molecular complexity index is 770. The van der Waals surface area contributed by atoms with Gasteiger partial charge in [-0.15, -0.1) is 0 Å². The average Bonchev–Trinajstić information content (AvgIpc) is 2.56. The molecule has 0 bridgehead atoms. The SMILES string of the molecule is COc1ccc(/C(C#N)=C(/Nc2ccc(C)cc2)C(F)(F)F)cc1. The van der Waals surface area contributed by atoms with Crippen LogP contribution >= 0.6 is 0 Å². The lowest BCUT2D eigenvalue weighted by Crippen LogP contribution is -2.21. The fourth-order valence-electron chi connectivity index (χ4n) is 2.08. The molecular formula is C18H15F3N2O. The van der Waals surface area contributed by atoms with Crippen molar-refractivity contribution in [3.8, 4) is 11.8 Å². The first-order valence-corrected chi connectivity index (χ1v) is 7.05. The Hall–Kier alpha value is -2.94. The molecule has 0 saturated heterocycles. The molecule has 24 heavy (non-hydrogen) atoms. The lowest BCUT2D eigenvalue weighted by Gasteiger charge is -2.17. The predicted molar refractivity (Wildman–Crippen MR) is 86.4 cm³/mol. The Morgan fingerprint density at radius 1 is 1.04 bits per heavy atom. The van der Waals surface area contributed by atoms with Gasteiger partial charge in [0.2, 0.25) is 0 Å². The van der Waals surface area contributed by atoms with Crippen molar-refractivity contribution in [3.05, 3.63) is 65.4 Å². The number of nitriles is 1. The number of rotatable bonds is 4. The number of anilines is 1. The van der Waals surface area contributed by atoms with E-state index in [1.807, 2.05) is 6.92 Å². The van der Waals surface area contributed by atoms with Crippen molar-refractivity contribution in [3.63, 3.8) is 0 Å². The summed E-state index contributed by atoms with van der Waals surface area (Å²) in [6.07, 6.45) is -4.70. The molecule has 2 rings (SSSR count). The van der Waals surface area contributed by atoms with Crippen LogP contribution in [0.25, 0.3) is 5.57 Å². The minimum atomic E-state index is -4.70. The van der Waals surface area contributed by atoms with Gasteiger partial charge in [0.05, 0.1) is 12.7 Å². The van der Waals surface area contributed by atoms with Crippen LogP contribution in [0.2, 0.25) is 0 Å². The monoisotopic (exact) mass is 332 g/mol. The highest BCUT2D eigenvalue weighted by Crippen LogP contribution is 2.33. The number of nitrogens with one attached hydrogen (secondary N) is 1. The van der Waals surface area contributed by atoms with Gasteiger partial charge in [-0.25, -0.2) is 0 Å². The van der Waals surface area contributed by atoms with E-state index in [4.69, 9.17) is 4.74 Å². The van der Waals surface area contributed by atoms with Gasteiger partial charge >= 0.3 is 6.18 Å². The topological polar surface area (TPSA) is 45.0 Å². The third-order valence-electron chi connectivity index (χ3n) is 3.34. The Morgan fingerprint density at radius 2 is 1.62 bits per heavy atom. The summed E-state index contributed by atoms with van der Waals surface area (Å²) in [5.74, 6) is 0.496. The van der Waals surface area contributed by atoms with E-state index in [1.165, 1.54) is 43.5 Å². The van der Waals surface area contributed by atoms with Gasteiger partial charge in [-0.2, -0.15) is 18.4 Å². The van der Waals surface area contributed by atoms with Crippen molar-refractivity contribution < 1.29 is 17.9 Å². The molecule has 0 unspecified atom stereocenters. The molecule has 2 aromatic rings. The molecule has 0 aliphatic carbocycles. The first kappa shape index (κ1) is 17.4. The second-order valence-electron chi connectivity index (χ2n) is 5.08. The fourth-order valence-corrected chi connectivity index (χ4v) is 2.08. The summed E-state index contributed by atoms with van der Waals surface area (Å²) in [5, 5.41) is 11.6. The molecule has 0 spiro atoms. The van der Waals surface area contributed by atoms with E-state index in [-0.39, 0.29) is 11.3 Å². The number of alkyl halides is 3. The van der Waals surface area contributed by atoms with E-state index >= 15 is 0 Å². The normalized spacial score (nSPS) is 12.2. The number of allylic oxidation sites excluding steroid dienone is 2. The Kier molecular flexibility index (Phi) is 5.14. The fraction of sp³-hybridized carbons (Fsp3) is 0.167. The molecule has 0 amide bonds. The summed E-state index contributed by atoms with van der Waals surface area (Å²) >= 11 is 0. The number of methoxy groups -OCH3 is 1. The average molecular weight is 332 g/mol. The highest BCUT2D eigenvalue weighted by Gasteiger charge is 2.37. The summed E-state index contributed by atoms with van der Waals surface area (Å²) in [7, 11) is 1.45. The molecule has 0 heterocycles. The summed E-state index contributed by atoms with van der Waals surface area (Å²) in [5.41, 5.74) is -0.238. The minimum absolute atomic E-state index is 0.158. The molecule has 0 aliphatic rings. The van der Waals surface area contributed by atoms with Gasteiger partial charge in [0.1, 0.15) is 17.5 Å². The van der Waals surface area contributed by atoms with Gasteiger partial charge in [-0.3, -0.25) is 0 Å². The maximum Gasteiger partial charge on any atom is 0.432 e. The van der Waals surface area contributed by atoms with E-state index < -0.39 is 17.4 Å². The van der Waals surface area contributed by atoms with Crippen molar-refractivity contribution in [1.82, 2.24) is 0 Å². The Morgan fingerprint density at radius 3 is 2.08 bits per heavy atom. The summed E-state index contributed by atoms with van der Waals surface area (Å²) in [6.45, 7) is 1.84. The highest BCUT2D eigenvalue weighted by molar-refractivity contribution is 5.82. The molecule has 0 aliphatic heterocycles. The zero-order chi connectivity index (χ0) is 17.7. The molecule has 0 fully saturated rings. The molecule has 2 aromatic carbocycles. The van der Waals surface area contributed by atoms with Crippen molar-refractivity contribution in [2.24, 2.45) is 0 Å². The van der Waals surface area contributed by atoms with Crippen LogP contribution in [0.4, 0.5) is 18.9 Å². The number of aryl methyl sites for hydroxylation is 1. The van der Waals surface area contributed by atoms with Gasteiger partial charge in [-0.05, 0) is 48.9 Å². The van der Waals surface area contributed by atoms with Crippen molar-refractivity contribution in [2.75, 3.05) is 12.4 Å². The number of nitrogens with zero attached hydrogens (tertiary/aromatic N) is 1. The molecular weight excluding hydrogens is 317 g/mol. The summed E-state index contributed by atoms with van der Waals surface area (Å²) in [4.78, 5) is 0. The second kappa shape index (κ2) is 7.09. The van der Waals surface area contributed by atoms with Crippen LogP contribution in [0.5, 0.6) is 5.75 Å². The quantitative estimate of drug-likeness (QED) is 0.809. The van der Waals surface area contributed by atoms with Crippen molar-refractivity contribution in [1.29, 1.82) is 5.26 Å². The minimum Gasteiger partial charge on any atom is -0.497 e. The molecule has 0 aromatic heterocycles. The summed E-state index contributed by atoms with van der Waals surface area (Å²) < 4.78 is 45.4. The zero-order valence-corrected chi connectivity index (χ0v) is 13.1. The largest absolute Gasteiger partial charge is 0.497 e. The number of ether oxygens (including phenoxy) is 1. The van der Waals surface area contributed by atoms with Gasteiger partial charge in [0.15, 0.2) is 0 Å².